The van der Waals surface area contributed by atoms with E-state index in [2.05, 4.69) is 17.6 Å². The number of hydrogen-bond donors (Lipinski definition) is 2. The maximum Gasteiger partial charge on any atom is 0.408 e. The predicted octanol–water partition coefficient (Wildman–Crippen LogP) is 4.83. The average molecular weight is 480 g/mol. The summed E-state index contributed by atoms with van der Waals surface area (Å²) in [5.41, 5.74) is 1.61. The van der Waals surface area contributed by atoms with Gasteiger partial charge in [0.15, 0.2) is 0 Å². The standard InChI is InChI=1S/C28H37N3O4/c1-6-7-17-29-25(32)24-19(2)23(30-27(34)35-28(3,4)5)22-16-12-11-15-21(22)18-31(24)26(33)20-13-9-8-10-14-20/h8-16,19,23-24H,6-7,17-18H2,1-5H3,(H,29,32)(H,30,34)/t19-,23-,24-/m0/s1. The van der Waals surface area contributed by atoms with Crippen LogP contribution in [0.4, 0.5) is 4.79 Å². The topological polar surface area (TPSA) is 87.7 Å². The van der Waals surface area contributed by atoms with Crippen molar-refractivity contribution in [2.75, 3.05) is 6.54 Å². The first kappa shape index (κ1) is 26.3. The number of unbranched alkanes of at least 4 members (excludes halogenated alkanes) is 1. The number of carbonyl (C=O) groups is 3. The molecule has 7 nitrogen and oxygen atoms in total. The molecule has 3 atom stereocenters. The zero-order valence-electron chi connectivity index (χ0n) is 21.3. The molecule has 1 heterocycles. The van der Waals surface area contributed by atoms with Gasteiger partial charge in [-0.3, -0.25) is 9.59 Å². The van der Waals surface area contributed by atoms with Crippen LogP contribution in [-0.2, 0) is 16.1 Å². The molecule has 1 aliphatic rings. The van der Waals surface area contributed by atoms with E-state index in [1.54, 1.807) is 37.8 Å². The molecule has 0 fully saturated rings. The van der Waals surface area contributed by atoms with Gasteiger partial charge < -0.3 is 20.3 Å². The first-order chi connectivity index (χ1) is 16.6. The molecule has 0 unspecified atom stereocenters. The third-order valence-corrected chi connectivity index (χ3v) is 6.14. The second-order valence-electron chi connectivity index (χ2n) is 10.1. The minimum Gasteiger partial charge on any atom is -0.444 e. The number of benzene rings is 2. The van der Waals surface area contributed by atoms with E-state index in [0.29, 0.717) is 12.1 Å². The Balaban J connectivity index is 2.04. The van der Waals surface area contributed by atoms with Crippen LogP contribution in [0.5, 0.6) is 0 Å². The summed E-state index contributed by atoms with van der Waals surface area (Å²) >= 11 is 0. The van der Waals surface area contributed by atoms with E-state index in [-0.39, 0.29) is 18.4 Å². The van der Waals surface area contributed by atoms with E-state index < -0.39 is 29.7 Å². The van der Waals surface area contributed by atoms with Gasteiger partial charge in [-0.25, -0.2) is 4.79 Å². The molecule has 3 amide bonds. The zero-order valence-corrected chi connectivity index (χ0v) is 21.3. The minimum absolute atomic E-state index is 0.221. The van der Waals surface area contributed by atoms with Crippen LogP contribution in [-0.4, -0.2) is 41.0 Å². The SMILES string of the molecule is CCCCNC(=O)[C@@H]1[C@@H](C)[C@H](NC(=O)OC(C)(C)C)c2ccccc2CN1C(=O)c1ccccc1. The summed E-state index contributed by atoms with van der Waals surface area (Å²) in [6, 6.07) is 15.4. The van der Waals surface area contributed by atoms with Crippen molar-refractivity contribution in [2.24, 2.45) is 5.92 Å². The van der Waals surface area contributed by atoms with Crippen LogP contribution < -0.4 is 10.6 Å². The summed E-state index contributed by atoms with van der Waals surface area (Å²) in [5, 5.41) is 6.00. The third kappa shape index (κ3) is 6.62. The highest BCUT2D eigenvalue weighted by molar-refractivity contribution is 5.98. The van der Waals surface area contributed by atoms with Crippen molar-refractivity contribution >= 4 is 17.9 Å². The molecular weight excluding hydrogens is 442 g/mol. The van der Waals surface area contributed by atoms with Crippen molar-refractivity contribution in [1.29, 1.82) is 0 Å². The van der Waals surface area contributed by atoms with E-state index in [1.165, 1.54) is 0 Å². The monoisotopic (exact) mass is 479 g/mol. The lowest BCUT2D eigenvalue weighted by atomic mass is 9.87. The largest absolute Gasteiger partial charge is 0.444 e. The summed E-state index contributed by atoms with van der Waals surface area (Å²) in [5.74, 6) is -0.861. The molecule has 2 aromatic carbocycles. The molecule has 0 saturated carbocycles. The van der Waals surface area contributed by atoms with Crippen LogP contribution in [0.1, 0.15) is 75.0 Å². The average Bonchev–Trinajstić information content (AvgIpc) is 2.93. The van der Waals surface area contributed by atoms with Crippen molar-refractivity contribution in [3.63, 3.8) is 0 Å². The van der Waals surface area contributed by atoms with Gasteiger partial charge in [0, 0.05) is 24.6 Å². The number of nitrogens with one attached hydrogen (secondary N) is 2. The van der Waals surface area contributed by atoms with Crippen LogP contribution in [0.15, 0.2) is 54.6 Å². The van der Waals surface area contributed by atoms with Gasteiger partial charge >= 0.3 is 6.09 Å². The molecule has 0 spiro atoms. The first-order valence-corrected chi connectivity index (χ1v) is 12.3. The van der Waals surface area contributed by atoms with Crippen molar-refractivity contribution in [3.8, 4) is 0 Å². The fourth-order valence-electron chi connectivity index (χ4n) is 4.47. The Bertz CT molecular complexity index is 1030. The Kier molecular flexibility index (Phi) is 8.54. The number of alkyl carbamates (subject to hydrolysis) is 1. The molecular formula is C28H37N3O4. The first-order valence-electron chi connectivity index (χ1n) is 12.3. The Morgan fingerprint density at radius 1 is 1.03 bits per heavy atom. The molecule has 2 aromatic rings. The van der Waals surface area contributed by atoms with Crippen LogP contribution in [0.2, 0.25) is 0 Å². The lowest BCUT2D eigenvalue weighted by Gasteiger charge is -2.35. The van der Waals surface area contributed by atoms with E-state index in [4.69, 9.17) is 4.74 Å². The number of hydrogen-bond acceptors (Lipinski definition) is 4. The molecule has 2 N–H and O–H groups in total. The normalized spacial score (nSPS) is 19.8. The number of fused-ring (bicyclic) bond motifs is 1. The van der Waals surface area contributed by atoms with Crippen molar-refractivity contribution < 1.29 is 19.1 Å². The van der Waals surface area contributed by atoms with Gasteiger partial charge in [0.05, 0.1) is 6.04 Å². The zero-order chi connectivity index (χ0) is 25.6. The predicted molar refractivity (Wildman–Crippen MR) is 136 cm³/mol. The summed E-state index contributed by atoms with van der Waals surface area (Å²) < 4.78 is 5.53. The molecule has 0 bridgehead atoms. The van der Waals surface area contributed by atoms with Crippen molar-refractivity contribution in [2.45, 2.75) is 71.7 Å². The molecule has 0 radical (unpaired) electrons. The number of rotatable bonds is 6. The Morgan fingerprint density at radius 2 is 1.69 bits per heavy atom. The molecule has 35 heavy (non-hydrogen) atoms. The van der Waals surface area contributed by atoms with Gasteiger partial charge in [0.1, 0.15) is 11.6 Å². The van der Waals surface area contributed by atoms with E-state index in [9.17, 15) is 14.4 Å². The van der Waals surface area contributed by atoms with Gasteiger partial charge in [-0.15, -0.1) is 0 Å². The van der Waals surface area contributed by atoms with Crippen molar-refractivity contribution in [1.82, 2.24) is 15.5 Å². The Morgan fingerprint density at radius 3 is 2.34 bits per heavy atom. The molecule has 0 aromatic heterocycles. The lowest BCUT2D eigenvalue weighted by Crippen LogP contribution is -2.54. The second-order valence-corrected chi connectivity index (χ2v) is 10.1. The second kappa shape index (κ2) is 11.4. The van der Waals surface area contributed by atoms with Crippen LogP contribution in [0.3, 0.4) is 0 Å². The quantitative estimate of drug-likeness (QED) is 0.581. The summed E-state index contributed by atoms with van der Waals surface area (Å²) in [7, 11) is 0. The van der Waals surface area contributed by atoms with Gasteiger partial charge in [0.2, 0.25) is 5.91 Å². The molecule has 188 valence electrons. The molecule has 0 aliphatic carbocycles. The number of carbonyl (C=O) groups excluding carboxylic acids is 3. The minimum atomic E-state index is -0.785. The molecule has 0 saturated heterocycles. The summed E-state index contributed by atoms with van der Waals surface area (Å²) in [6.45, 7) is 10.2. The number of amides is 3. The fraction of sp³-hybridized carbons (Fsp3) is 0.464. The number of nitrogens with zero attached hydrogens (tertiary/aromatic N) is 1. The molecule has 7 heteroatoms. The number of ether oxygens (including phenoxy) is 1. The van der Waals surface area contributed by atoms with Gasteiger partial charge in [-0.1, -0.05) is 62.7 Å². The molecule has 1 aliphatic heterocycles. The highest BCUT2D eigenvalue weighted by Crippen LogP contribution is 2.35. The summed E-state index contributed by atoms with van der Waals surface area (Å²) in [6.07, 6.45) is 1.23. The maximum atomic E-state index is 13.7. The highest BCUT2D eigenvalue weighted by atomic mass is 16.6. The summed E-state index contributed by atoms with van der Waals surface area (Å²) in [4.78, 5) is 41.7. The van der Waals surface area contributed by atoms with Crippen molar-refractivity contribution in [3.05, 3.63) is 71.3 Å². The van der Waals surface area contributed by atoms with Gasteiger partial charge in [0.25, 0.3) is 5.91 Å². The van der Waals surface area contributed by atoms with E-state index in [1.807, 2.05) is 49.4 Å². The Labute approximate surface area is 208 Å². The van der Waals surface area contributed by atoms with Crippen LogP contribution >= 0.6 is 0 Å². The fourth-order valence-corrected chi connectivity index (χ4v) is 4.47. The van der Waals surface area contributed by atoms with Crippen LogP contribution in [0.25, 0.3) is 0 Å². The molecule has 3 rings (SSSR count). The lowest BCUT2D eigenvalue weighted by molar-refractivity contribution is -0.127. The van der Waals surface area contributed by atoms with Crippen LogP contribution in [0, 0.1) is 5.92 Å². The van der Waals surface area contributed by atoms with Gasteiger partial charge in [-0.2, -0.15) is 0 Å². The third-order valence-electron chi connectivity index (χ3n) is 6.14. The van der Waals surface area contributed by atoms with Gasteiger partial charge in [-0.05, 0) is 50.5 Å². The van der Waals surface area contributed by atoms with E-state index in [0.717, 1.165) is 24.0 Å². The maximum absolute atomic E-state index is 13.7. The van der Waals surface area contributed by atoms with E-state index >= 15 is 0 Å². The highest BCUT2D eigenvalue weighted by Gasteiger charge is 2.43. The smallest absolute Gasteiger partial charge is 0.408 e. The Hall–Kier alpha value is -3.35.